The SMILES string of the molecule is C[C@H](c1nc2scc(-c3cccs3)c2c(=O)[nH]1)[NH+]1CCCCC1. The molecule has 0 aliphatic carbocycles. The average Bonchev–Trinajstić information content (AvgIpc) is 3.24. The van der Waals surface area contributed by atoms with E-state index >= 15 is 0 Å². The Balaban J connectivity index is 1.75. The first-order chi connectivity index (χ1) is 11.2. The molecule has 4 rings (SSSR count). The van der Waals surface area contributed by atoms with E-state index < -0.39 is 0 Å². The van der Waals surface area contributed by atoms with Crippen molar-refractivity contribution in [1.29, 1.82) is 0 Å². The van der Waals surface area contributed by atoms with Gasteiger partial charge in [0.2, 0.25) is 0 Å². The highest BCUT2D eigenvalue weighted by molar-refractivity contribution is 7.18. The van der Waals surface area contributed by atoms with E-state index in [0.717, 1.165) is 26.5 Å². The number of likely N-dealkylation sites (tertiary alicyclic amines) is 1. The molecular weight excluding hydrogens is 326 g/mol. The molecule has 0 radical (unpaired) electrons. The lowest BCUT2D eigenvalue weighted by atomic mass is 10.1. The predicted octanol–water partition coefficient (Wildman–Crippen LogP) is 2.84. The largest absolute Gasteiger partial charge is 0.326 e. The third-order valence-corrected chi connectivity index (χ3v) is 6.54. The Hall–Kier alpha value is -1.50. The molecule has 2 N–H and O–H groups in total. The molecular formula is C17H20N3OS2+. The van der Waals surface area contributed by atoms with Gasteiger partial charge in [0.15, 0.2) is 5.82 Å². The molecule has 120 valence electrons. The Morgan fingerprint density at radius 2 is 2.09 bits per heavy atom. The van der Waals surface area contributed by atoms with Crippen molar-refractivity contribution >= 4 is 32.9 Å². The summed E-state index contributed by atoms with van der Waals surface area (Å²) in [5, 5.41) is 4.83. The molecule has 1 aliphatic heterocycles. The monoisotopic (exact) mass is 346 g/mol. The molecule has 0 saturated carbocycles. The number of rotatable bonds is 3. The van der Waals surface area contributed by atoms with Gasteiger partial charge in [-0.1, -0.05) is 6.07 Å². The van der Waals surface area contributed by atoms with Gasteiger partial charge in [-0.05, 0) is 37.6 Å². The molecule has 1 fully saturated rings. The van der Waals surface area contributed by atoms with Crippen LogP contribution in [0, 0.1) is 0 Å². The molecule has 0 bridgehead atoms. The van der Waals surface area contributed by atoms with Crippen molar-refractivity contribution in [2.24, 2.45) is 0 Å². The second-order valence-electron chi connectivity index (χ2n) is 6.20. The zero-order valence-corrected chi connectivity index (χ0v) is 14.7. The molecule has 1 atom stereocenters. The number of quaternary nitrogens is 1. The number of hydrogen-bond donors (Lipinski definition) is 2. The van der Waals surface area contributed by atoms with E-state index in [1.807, 2.05) is 11.4 Å². The van der Waals surface area contributed by atoms with Crippen LogP contribution in [0.1, 0.15) is 38.1 Å². The van der Waals surface area contributed by atoms with Crippen LogP contribution in [-0.4, -0.2) is 23.1 Å². The van der Waals surface area contributed by atoms with E-state index in [4.69, 9.17) is 4.98 Å². The van der Waals surface area contributed by atoms with Gasteiger partial charge >= 0.3 is 0 Å². The summed E-state index contributed by atoms with van der Waals surface area (Å²) >= 11 is 3.23. The summed E-state index contributed by atoms with van der Waals surface area (Å²) in [7, 11) is 0. The molecule has 23 heavy (non-hydrogen) atoms. The van der Waals surface area contributed by atoms with Crippen molar-refractivity contribution in [3.05, 3.63) is 39.1 Å². The second-order valence-corrected chi connectivity index (χ2v) is 8.00. The first-order valence-electron chi connectivity index (χ1n) is 8.14. The van der Waals surface area contributed by atoms with Gasteiger partial charge in [0.05, 0.1) is 18.5 Å². The fourth-order valence-corrected chi connectivity index (χ4v) is 5.19. The number of aromatic amines is 1. The number of fused-ring (bicyclic) bond motifs is 1. The fraction of sp³-hybridized carbons (Fsp3) is 0.412. The summed E-state index contributed by atoms with van der Waals surface area (Å²) in [5.41, 5.74) is 1.01. The minimum absolute atomic E-state index is 0.00194. The van der Waals surface area contributed by atoms with E-state index in [0.29, 0.717) is 0 Å². The van der Waals surface area contributed by atoms with Gasteiger partial charge in [-0.2, -0.15) is 0 Å². The first kappa shape index (κ1) is 15.1. The van der Waals surface area contributed by atoms with E-state index in [1.54, 1.807) is 22.7 Å². The van der Waals surface area contributed by atoms with Gasteiger partial charge in [0.25, 0.3) is 5.56 Å². The highest BCUT2D eigenvalue weighted by Crippen LogP contribution is 2.33. The predicted molar refractivity (Wildman–Crippen MR) is 96.5 cm³/mol. The quantitative estimate of drug-likeness (QED) is 0.766. The van der Waals surface area contributed by atoms with Crippen LogP contribution in [0.25, 0.3) is 20.7 Å². The Morgan fingerprint density at radius 3 is 2.83 bits per heavy atom. The zero-order chi connectivity index (χ0) is 15.8. The molecule has 6 heteroatoms. The molecule has 0 unspecified atom stereocenters. The van der Waals surface area contributed by atoms with Crippen LogP contribution in [0.5, 0.6) is 0 Å². The molecule has 3 aromatic rings. The van der Waals surface area contributed by atoms with Crippen LogP contribution in [0.3, 0.4) is 0 Å². The van der Waals surface area contributed by atoms with Crippen molar-refractivity contribution in [3.63, 3.8) is 0 Å². The summed E-state index contributed by atoms with van der Waals surface area (Å²) in [5.74, 6) is 0.832. The molecule has 0 amide bonds. The smallest absolute Gasteiger partial charge is 0.260 e. The van der Waals surface area contributed by atoms with Gasteiger partial charge in [0.1, 0.15) is 10.9 Å². The third-order valence-electron chi connectivity index (χ3n) is 4.77. The topological polar surface area (TPSA) is 50.2 Å². The lowest BCUT2D eigenvalue weighted by Gasteiger charge is -2.28. The maximum Gasteiger partial charge on any atom is 0.260 e. The van der Waals surface area contributed by atoms with Gasteiger partial charge in [-0.3, -0.25) is 4.79 Å². The highest BCUT2D eigenvalue weighted by Gasteiger charge is 2.25. The summed E-state index contributed by atoms with van der Waals surface area (Å²) in [6, 6.07) is 4.32. The number of nitrogens with one attached hydrogen (secondary N) is 2. The Bertz CT molecular complexity index is 860. The molecule has 1 saturated heterocycles. The minimum atomic E-state index is -0.00194. The number of aromatic nitrogens is 2. The van der Waals surface area contributed by atoms with Crippen LogP contribution in [-0.2, 0) is 0 Å². The fourth-order valence-electron chi connectivity index (χ4n) is 3.42. The number of hydrogen-bond acceptors (Lipinski definition) is 4. The number of nitrogens with zero attached hydrogens (tertiary/aromatic N) is 1. The van der Waals surface area contributed by atoms with E-state index in [9.17, 15) is 4.79 Å². The third kappa shape index (κ3) is 2.75. The van der Waals surface area contributed by atoms with Crippen LogP contribution in [0.15, 0.2) is 27.7 Å². The maximum atomic E-state index is 12.7. The van der Waals surface area contributed by atoms with Gasteiger partial charge in [-0.15, -0.1) is 22.7 Å². The van der Waals surface area contributed by atoms with Crippen molar-refractivity contribution in [2.75, 3.05) is 13.1 Å². The zero-order valence-electron chi connectivity index (χ0n) is 13.1. The summed E-state index contributed by atoms with van der Waals surface area (Å²) < 4.78 is 0. The van der Waals surface area contributed by atoms with Crippen LogP contribution in [0.2, 0.25) is 0 Å². The van der Waals surface area contributed by atoms with Crippen molar-refractivity contribution in [1.82, 2.24) is 9.97 Å². The van der Waals surface area contributed by atoms with Crippen LogP contribution < -0.4 is 10.5 Å². The van der Waals surface area contributed by atoms with Crippen LogP contribution in [0.4, 0.5) is 0 Å². The number of piperidine rings is 1. The standard InChI is InChI=1S/C17H19N3OS2/c1-11(20-7-3-2-4-8-20)15-18-16(21)14-12(10-23-17(14)19-15)13-6-5-9-22-13/h5-6,9-11H,2-4,7-8H2,1H3,(H,18,19,21)/p+1/t11-/m1/s1. The molecule has 3 aromatic heterocycles. The lowest BCUT2D eigenvalue weighted by molar-refractivity contribution is -0.934. The highest BCUT2D eigenvalue weighted by atomic mass is 32.1. The Labute approximate surface area is 142 Å². The molecule has 4 heterocycles. The Morgan fingerprint density at radius 1 is 1.26 bits per heavy atom. The Kier molecular flexibility index (Phi) is 4.05. The molecule has 4 nitrogen and oxygen atoms in total. The molecule has 0 spiro atoms. The van der Waals surface area contributed by atoms with Crippen LogP contribution >= 0.6 is 22.7 Å². The lowest BCUT2D eigenvalue weighted by Crippen LogP contribution is -3.12. The van der Waals surface area contributed by atoms with Gasteiger partial charge in [0, 0.05) is 15.8 Å². The normalized spacial score (nSPS) is 17.6. The molecule has 0 aromatic carbocycles. The van der Waals surface area contributed by atoms with Gasteiger partial charge in [-0.25, -0.2) is 4.98 Å². The number of thiophene rings is 2. The maximum absolute atomic E-state index is 12.7. The second kappa shape index (κ2) is 6.19. The average molecular weight is 347 g/mol. The van der Waals surface area contributed by atoms with E-state index in [-0.39, 0.29) is 11.6 Å². The van der Waals surface area contributed by atoms with Crippen molar-refractivity contribution in [2.45, 2.75) is 32.2 Å². The van der Waals surface area contributed by atoms with E-state index in [1.165, 1.54) is 37.3 Å². The van der Waals surface area contributed by atoms with Crippen molar-refractivity contribution in [3.8, 4) is 10.4 Å². The molecule has 1 aliphatic rings. The summed E-state index contributed by atoms with van der Waals surface area (Å²) in [4.78, 5) is 24.0. The van der Waals surface area contributed by atoms with Gasteiger partial charge < -0.3 is 9.88 Å². The van der Waals surface area contributed by atoms with E-state index in [2.05, 4.69) is 23.4 Å². The summed E-state index contributed by atoms with van der Waals surface area (Å²) in [6.07, 6.45) is 3.87. The minimum Gasteiger partial charge on any atom is -0.326 e. The summed E-state index contributed by atoms with van der Waals surface area (Å²) in [6.45, 7) is 4.53. The first-order valence-corrected chi connectivity index (χ1v) is 9.90. The number of H-pyrrole nitrogens is 1. The van der Waals surface area contributed by atoms with Crippen molar-refractivity contribution < 1.29 is 4.90 Å².